The fourth-order valence-corrected chi connectivity index (χ4v) is 10.5. The van der Waals surface area contributed by atoms with Crippen molar-refractivity contribution in [3.8, 4) is 27.9 Å². The minimum Gasteiger partial charge on any atom is -0.333 e. The summed E-state index contributed by atoms with van der Waals surface area (Å²) in [6.45, 7) is 0. The fraction of sp³-hybridized carbons (Fsp3) is 0.0385. The molecule has 0 spiro atoms. The Morgan fingerprint density at radius 3 is 2.09 bits per heavy atom. The van der Waals surface area contributed by atoms with Crippen LogP contribution in [0.2, 0.25) is 0 Å². The van der Waals surface area contributed by atoms with Crippen LogP contribution >= 0.6 is 11.3 Å². The molecule has 2 aromatic heterocycles. The highest BCUT2D eigenvalue weighted by atomic mass is 32.1. The summed E-state index contributed by atoms with van der Waals surface area (Å²) in [5.41, 5.74) is 12.4. The molecule has 8 aromatic carbocycles. The minimum atomic E-state index is 0.184. The van der Waals surface area contributed by atoms with Crippen molar-refractivity contribution >= 4 is 77.5 Å². The van der Waals surface area contributed by atoms with Gasteiger partial charge in [-0.1, -0.05) is 133 Å². The molecule has 2 atom stereocenters. The van der Waals surface area contributed by atoms with Crippen LogP contribution in [0.5, 0.6) is 0 Å². The first kappa shape index (κ1) is 30.7. The van der Waals surface area contributed by atoms with Crippen molar-refractivity contribution in [2.75, 3.05) is 4.90 Å². The second-order valence-corrected chi connectivity index (χ2v) is 16.0. The van der Waals surface area contributed by atoms with E-state index in [1.54, 1.807) is 0 Å². The lowest BCUT2D eigenvalue weighted by molar-refractivity contribution is 0.805. The maximum absolute atomic E-state index is 2.59. The van der Waals surface area contributed by atoms with Gasteiger partial charge in [-0.15, -0.1) is 11.3 Å². The van der Waals surface area contributed by atoms with Gasteiger partial charge in [0.25, 0.3) is 0 Å². The smallest absolute Gasteiger partial charge is 0.0636 e. The zero-order valence-corrected chi connectivity index (χ0v) is 30.7. The highest BCUT2D eigenvalue weighted by Crippen LogP contribution is 2.49. The molecule has 10 aromatic rings. The number of fused-ring (bicyclic) bond motifs is 10. The van der Waals surface area contributed by atoms with Crippen LogP contribution in [-0.4, -0.2) is 10.6 Å². The summed E-state index contributed by atoms with van der Waals surface area (Å²) in [5.74, 6) is 0.240. The van der Waals surface area contributed by atoms with Crippen LogP contribution in [0.25, 0.3) is 82.8 Å². The number of rotatable bonds is 4. The molecule has 0 radical (unpaired) electrons. The molecule has 2 nitrogen and oxygen atoms in total. The second-order valence-electron chi connectivity index (χ2n) is 14.9. The van der Waals surface area contributed by atoms with Gasteiger partial charge in [-0.3, -0.25) is 0 Å². The summed E-state index contributed by atoms with van der Waals surface area (Å²) >= 11 is 1.92. The third-order valence-corrected chi connectivity index (χ3v) is 13.0. The minimum absolute atomic E-state index is 0.184. The Morgan fingerprint density at radius 1 is 0.436 bits per heavy atom. The monoisotopic (exact) mass is 718 g/mol. The SMILES string of the molecule is C1=c2sc3ccccc3c2=CC2C1c1cc(-c3ccc4c(c3)c3ccccc3n4-c3cccc(-c4ccccc4)c3)ccc1N2c1ccc2ccccc2c1. The van der Waals surface area contributed by atoms with Gasteiger partial charge in [0.2, 0.25) is 0 Å². The van der Waals surface area contributed by atoms with Crippen LogP contribution in [0.3, 0.4) is 0 Å². The lowest BCUT2D eigenvalue weighted by Crippen LogP contribution is -2.36. The Hall–Kier alpha value is -6.68. The average molecular weight is 719 g/mol. The molecule has 0 N–H and O–H groups in total. The zero-order chi connectivity index (χ0) is 36.0. The number of anilines is 2. The highest BCUT2D eigenvalue weighted by molar-refractivity contribution is 7.17. The standard InChI is InChI=1S/C52H34N2S/c1-2-11-33(12-3-1)36-15-10-16-39(27-36)53-47-19-8-6-17-41(47)43-29-37(22-25-48(43)53)38-23-26-49-44(30-38)45-32-52-46(42-18-7-9-20-51(42)55-52)31-50(45)54(49)40-24-21-34-13-4-5-14-35(34)28-40/h1-32,45,50H. The number of hydrogen-bond donors (Lipinski definition) is 0. The summed E-state index contributed by atoms with van der Waals surface area (Å²) in [6, 6.07) is 67.3. The summed E-state index contributed by atoms with van der Waals surface area (Å²) in [5, 5.41) is 7.79. The zero-order valence-electron chi connectivity index (χ0n) is 29.9. The van der Waals surface area contributed by atoms with E-state index in [-0.39, 0.29) is 12.0 Å². The van der Waals surface area contributed by atoms with Crippen LogP contribution in [-0.2, 0) is 0 Å². The van der Waals surface area contributed by atoms with Gasteiger partial charge in [-0.2, -0.15) is 0 Å². The van der Waals surface area contributed by atoms with E-state index in [4.69, 9.17) is 0 Å². The molecule has 1 aliphatic heterocycles. The Kier molecular flexibility index (Phi) is 6.66. The summed E-state index contributed by atoms with van der Waals surface area (Å²) < 4.78 is 5.15. The molecule has 0 saturated heterocycles. The first-order valence-electron chi connectivity index (χ1n) is 19.1. The van der Waals surface area contributed by atoms with E-state index in [2.05, 4.69) is 204 Å². The van der Waals surface area contributed by atoms with Gasteiger partial charge in [-0.05, 0) is 104 Å². The summed E-state index contributed by atoms with van der Waals surface area (Å²) in [7, 11) is 0. The third-order valence-electron chi connectivity index (χ3n) is 11.9. The molecule has 0 saturated carbocycles. The molecule has 0 amide bonds. The van der Waals surface area contributed by atoms with Crippen molar-refractivity contribution in [2.45, 2.75) is 12.0 Å². The molecular weight excluding hydrogens is 685 g/mol. The lowest BCUT2D eigenvalue weighted by Gasteiger charge is -2.29. The van der Waals surface area contributed by atoms with Gasteiger partial charge in [0, 0.05) is 48.4 Å². The topological polar surface area (TPSA) is 8.17 Å². The molecule has 0 bridgehead atoms. The third kappa shape index (κ3) is 4.73. The van der Waals surface area contributed by atoms with Gasteiger partial charge in [-0.25, -0.2) is 0 Å². The van der Waals surface area contributed by atoms with E-state index in [9.17, 15) is 0 Å². The average Bonchev–Trinajstić information content (AvgIpc) is 3.89. The molecule has 1 aliphatic carbocycles. The molecule has 2 unspecified atom stereocenters. The Balaban J connectivity index is 1.02. The number of para-hydroxylation sites is 1. The van der Waals surface area contributed by atoms with Gasteiger partial charge in [0.15, 0.2) is 0 Å². The number of nitrogens with zero attached hydrogens (tertiary/aromatic N) is 2. The molecule has 3 heteroatoms. The van der Waals surface area contributed by atoms with Crippen molar-refractivity contribution in [1.82, 2.24) is 4.57 Å². The van der Waals surface area contributed by atoms with Gasteiger partial charge < -0.3 is 9.47 Å². The van der Waals surface area contributed by atoms with E-state index < -0.39 is 0 Å². The molecule has 12 rings (SSSR count). The van der Waals surface area contributed by atoms with Crippen molar-refractivity contribution in [3.05, 3.63) is 197 Å². The predicted molar refractivity (Wildman–Crippen MR) is 234 cm³/mol. The van der Waals surface area contributed by atoms with E-state index in [0.717, 1.165) is 0 Å². The highest BCUT2D eigenvalue weighted by Gasteiger charge is 2.39. The number of aromatic nitrogens is 1. The number of hydrogen-bond acceptors (Lipinski definition) is 2. The van der Waals surface area contributed by atoms with Crippen LogP contribution in [0.15, 0.2) is 182 Å². The van der Waals surface area contributed by atoms with Gasteiger partial charge >= 0.3 is 0 Å². The Morgan fingerprint density at radius 2 is 1.16 bits per heavy atom. The molecule has 2 aliphatic rings. The maximum Gasteiger partial charge on any atom is 0.0636 e. The van der Waals surface area contributed by atoms with Crippen molar-refractivity contribution in [2.24, 2.45) is 0 Å². The van der Waals surface area contributed by atoms with Gasteiger partial charge in [0.05, 0.1) is 17.1 Å². The van der Waals surface area contributed by atoms with Crippen LogP contribution in [0.1, 0.15) is 11.5 Å². The number of thiophene rings is 1. The van der Waals surface area contributed by atoms with E-state index in [1.807, 2.05) is 11.3 Å². The lowest BCUT2D eigenvalue weighted by atomic mass is 9.89. The van der Waals surface area contributed by atoms with Crippen LogP contribution < -0.4 is 14.7 Å². The van der Waals surface area contributed by atoms with E-state index in [0.29, 0.717) is 0 Å². The van der Waals surface area contributed by atoms with Crippen molar-refractivity contribution in [1.29, 1.82) is 0 Å². The predicted octanol–water partition coefficient (Wildman–Crippen LogP) is 12.4. The maximum atomic E-state index is 2.59. The van der Waals surface area contributed by atoms with Crippen molar-refractivity contribution < 1.29 is 0 Å². The quantitative estimate of drug-likeness (QED) is 0.176. The Bertz CT molecular complexity index is 3300. The normalized spacial score (nSPS) is 15.9. The molecule has 0 fully saturated rings. The Labute approximate surface area is 322 Å². The first-order valence-corrected chi connectivity index (χ1v) is 19.9. The molecule has 55 heavy (non-hydrogen) atoms. The molecule has 3 heterocycles. The van der Waals surface area contributed by atoms with Crippen LogP contribution in [0.4, 0.5) is 11.4 Å². The second kappa shape index (κ2) is 11.9. The summed E-state index contributed by atoms with van der Waals surface area (Å²) in [6.07, 6.45) is 5.09. The number of benzene rings is 8. The first-order chi connectivity index (χ1) is 27.2. The molecular formula is C52H34N2S. The summed E-state index contributed by atoms with van der Waals surface area (Å²) in [4.78, 5) is 2.59. The largest absolute Gasteiger partial charge is 0.333 e. The van der Waals surface area contributed by atoms with E-state index >= 15 is 0 Å². The fourth-order valence-electron chi connectivity index (χ4n) is 9.33. The van der Waals surface area contributed by atoms with Gasteiger partial charge in [0.1, 0.15) is 0 Å². The van der Waals surface area contributed by atoms with Crippen LogP contribution in [0, 0.1) is 0 Å². The van der Waals surface area contributed by atoms with Crippen molar-refractivity contribution in [3.63, 3.8) is 0 Å². The van der Waals surface area contributed by atoms with E-state index in [1.165, 1.54) is 97.3 Å². The molecule has 258 valence electrons.